The molecule has 1 aromatic rings. The molecule has 108 valence electrons. The molecule has 0 amide bonds. The summed E-state index contributed by atoms with van der Waals surface area (Å²) in [7, 11) is 0. The van der Waals surface area contributed by atoms with Crippen LogP contribution in [0.15, 0.2) is 6.20 Å². The molecule has 2 atom stereocenters. The summed E-state index contributed by atoms with van der Waals surface area (Å²) < 4.78 is 1.96. The number of nitrogens with zero attached hydrogens (tertiary/aromatic N) is 4. The Hall–Kier alpha value is -0.590. The van der Waals surface area contributed by atoms with Crippen LogP contribution in [-0.4, -0.2) is 56.6 Å². The Labute approximate surface area is 120 Å². The van der Waals surface area contributed by atoms with Crippen LogP contribution >= 0.6 is 11.8 Å². The van der Waals surface area contributed by atoms with Crippen LogP contribution < -0.4 is 5.32 Å². The average Bonchev–Trinajstić information content (AvgIpc) is 2.81. The minimum atomic E-state index is 0.740. The molecule has 6 heteroatoms. The molecular weight excluding hydrogens is 258 g/mol. The van der Waals surface area contributed by atoms with Gasteiger partial charge < -0.3 is 5.32 Å². The molecule has 1 saturated heterocycles. The molecular formula is C13H25N5S. The van der Waals surface area contributed by atoms with Gasteiger partial charge in [0.15, 0.2) is 0 Å². The Morgan fingerprint density at radius 1 is 1.32 bits per heavy atom. The van der Waals surface area contributed by atoms with E-state index in [9.17, 15) is 0 Å². The molecule has 0 aromatic carbocycles. The summed E-state index contributed by atoms with van der Waals surface area (Å²) in [6.45, 7) is 12.9. The summed E-state index contributed by atoms with van der Waals surface area (Å²) in [4.78, 5) is 2.54. The predicted octanol–water partition coefficient (Wildman–Crippen LogP) is 1.21. The molecule has 1 fully saturated rings. The van der Waals surface area contributed by atoms with Crippen molar-refractivity contribution in [1.82, 2.24) is 25.2 Å². The zero-order valence-electron chi connectivity index (χ0n) is 12.2. The largest absolute Gasteiger partial charge is 0.311 e. The van der Waals surface area contributed by atoms with Crippen LogP contribution in [0.1, 0.15) is 26.5 Å². The van der Waals surface area contributed by atoms with E-state index in [4.69, 9.17) is 0 Å². The van der Waals surface area contributed by atoms with E-state index in [1.54, 1.807) is 0 Å². The second-order valence-corrected chi connectivity index (χ2v) is 7.15. The minimum Gasteiger partial charge on any atom is -0.311 e. The van der Waals surface area contributed by atoms with Crippen molar-refractivity contribution in [2.24, 2.45) is 0 Å². The van der Waals surface area contributed by atoms with Crippen molar-refractivity contribution < 1.29 is 0 Å². The van der Waals surface area contributed by atoms with E-state index in [0.29, 0.717) is 0 Å². The zero-order chi connectivity index (χ0) is 13.7. The summed E-state index contributed by atoms with van der Waals surface area (Å²) in [5, 5.41) is 13.1. The SMILES string of the molecule is CCNCc1cn(CCN2CC(C)SC(C)C2)nn1. The van der Waals surface area contributed by atoms with Gasteiger partial charge in [0.1, 0.15) is 0 Å². The van der Waals surface area contributed by atoms with Gasteiger partial charge in [-0.3, -0.25) is 9.58 Å². The molecule has 2 unspecified atom stereocenters. The lowest BCUT2D eigenvalue weighted by molar-refractivity contribution is 0.255. The highest BCUT2D eigenvalue weighted by Gasteiger charge is 2.21. The highest BCUT2D eigenvalue weighted by Crippen LogP contribution is 2.24. The third kappa shape index (κ3) is 4.78. The Morgan fingerprint density at radius 3 is 2.74 bits per heavy atom. The lowest BCUT2D eigenvalue weighted by atomic mass is 10.3. The zero-order valence-corrected chi connectivity index (χ0v) is 13.0. The monoisotopic (exact) mass is 283 g/mol. The average molecular weight is 283 g/mol. The normalized spacial score (nSPS) is 24.8. The number of aromatic nitrogens is 3. The number of hydrogen-bond acceptors (Lipinski definition) is 5. The van der Waals surface area contributed by atoms with Gasteiger partial charge in [-0.2, -0.15) is 11.8 Å². The van der Waals surface area contributed by atoms with Gasteiger partial charge in [0, 0.05) is 42.9 Å². The third-order valence-electron chi connectivity index (χ3n) is 3.28. The van der Waals surface area contributed by atoms with Gasteiger partial charge in [0.05, 0.1) is 12.2 Å². The van der Waals surface area contributed by atoms with Crippen LogP contribution in [-0.2, 0) is 13.1 Å². The molecule has 2 heterocycles. The lowest BCUT2D eigenvalue weighted by Gasteiger charge is -2.34. The van der Waals surface area contributed by atoms with Crippen LogP contribution in [0.3, 0.4) is 0 Å². The lowest BCUT2D eigenvalue weighted by Crippen LogP contribution is -2.41. The maximum Gasteiger partial charge on any atom is 0.0964 e. The Balaban J connectivity index is 1.76. The van der Waals surface area contributed by atoms with Gasteiger partial charge in [-0.05, 0) is 6.54 Å². The molecule has 1 aliphatic rings. The van der Waals surface area contributed by atoms with Gasteiger partial charge in [0.25, 0.3) is 0 Å². The summed E-state index contributed by atoms with van der Waals surface area (Å²) in [5.74, 6) is 0. The van der Waals surface area contributed by atoms with Gasteiger partial charge in [-0.15, -0.1) is 5.10 Å². The van der Waals surface area contributed by atoms with E-state index in [0.717, 1.165) is 42.4 Å². The molecule has 2 rings (SSSR count). The predicted molar refractivity (Wildman–Crippen MR) is 80.4 cm³/mol. The van der Waals surface area contributed by atoms with Crippen molar-refractivity contribution in [3.05, 3.63) is 11.9 Å². The van der Waals surface area contributed by atoms with Crippen molar-refractivity contribution >= 4 is 11.8 Å². The van der Waals surface area contributed by atoms with Gasteiger partial charge >= 0.3 is 0 Å². The quantitative estimate of drug-likeness (QED) is 0.850. The maximum atomic E-state index is 4.19. The summed E-state index contributed by atoms with van der Waals surface area (Å²) in [6.07, 6.45) is 2.05. The van der Waals surface area contributed by atoms with Crippen molar-refractivity contribution in [2.75, 3.05) is 26.2 Å². The molecule has 0 bridgehead atoms. The first kappa shape index (κ1) is 14.8. The smallest absolute Gasteiger partial charge is 0.0964 e. The molecule has 0 aliphatic carbocycles. The van der Waals surface area contributed by atoms with Gasteiger partial charge in [-0.25, -0.2) is 0 Å². The van der Waals surface area contributed by atoms with Crippen molar-refractivity contribution in [1.29, 1.82) is 0 Å². The van der Waals surface area contributed by atoms with Crippen molar-refractivity contribution in [2.45, 2.75) is 44.4 Å². The van der Waals surface area contributed by atoms with Crippen molar-refractivity contribution in [3.8, 4) is 0 Å². The molecule has 1 aromatic heterocycles. The minimum absolute atomic E-state index is 0.740. The van der Waals surface area contributed by atoms with E-state index in [2.05, 4.69) is 53.1 Å². The van der Waals surface area contributed by atoms with Crippen LogP contribution in [0.4, 0.5) is 0 Å². The number of rotatable bonds is 6. The second-order valence-electron chi connectivity index (χ2n) is 5.27. The fourth-order valence-electron chi connectivity index (χ4n) is 2.49. The molecule has 0 saturated carbocycles. The van der Waals surface area contributed by atoms with Gasteiger partial charge in [-0.1, -0.05) is 26.0 Å². The van der Waals surface area contributed by atoms with E-state index in [1.807, 2.05) is 10.9 Å². The Morgan fingerprint density at radius 2 is 2.05 bits per heavy atom. The van der Waals surface area contributed by atoms with E-state index < -0.39 is 0 Å². The molecule has 5 nitrogen and oxygen atoms in total. The van der Waals surface area contributed by atoms with Crippen LogP contribution in [0.2, 0.25) is 0 Å². The van der Waals surface area contributed by atoms with E-state index in [1.165, 1.54) is 13.1 Å². The van der Waals surface area contributed by atoms with E-state index in [-0.39, 0.29) is 0 Å². The highest BCUT2D eigenvalue weighted by atomic mass is 32.2. The molecule has 1 aliphatic heterocycles. The number of nitrogens with one attached hydrogen (secondary N) is 1. The third-order valence-corrected chi connectivity index (χ3v) is 4.51. The molecule has 0 spiro atoms. The van der Waals surface area contributed by atoms with Crippen LogP contribution in [0.5, 0.6) is 0 Å². The first-order chi connectivity index (χ1) is 9.17. The molecule has 19 heavy (non-hydrogen) atoms. The first-order valence-corrected chi connectivity index (χ1v) is 8.09. The number of hydrogen-bond donors (Lipinski definition) is 1. The fraction of sp³-hybridized carbons (Fsp3) is 0.846. The standard InChI is InChI=1S/C13H25N5S/c1-4-14-7-13-10-18(16-15-13)6-5-17-8-11(2)19-12(3)9-17/h10-12,14H,4-9H2,1-3H3. The van der Waals surface area contributed by atoms with E-state index >= 15 is 0 Å². The van der Waals surface area contributed by atoms with Crippen molar-refractivity contribution in [3.63, 3.8) is 0 Å². The van der Waals surface area contributed by atoms with Crippen LogP contribution in [0.25, 0.3) is 0 Å². The number of thioether (sulfide) groups is 1. The highest BCUT2D eigenvalue weighted by molar-refractivity contribution is 8.00. The topological polar surface area (TPSA) is 46.0 Å². The Kier molecular flexibility index (Phi) is 5.66. The molecule has 0 radical (unpaired) electrons. The summed E-state index contributed by atoms with van der Waals surface area (Å²) >= 11 is 2.10. The summed E-state index contributed by atoms with van der Waals surface area (Å²) in [6, 6.07) is 0. The first-order valence-electron chi connectivity index (χ1n) is 7.15. The maximum absolute atomic E-state index is 4.19. The van der Waals surface area contributed by atoms with Crippen LogP contribution in [0, 0.1) is 0 Å². The second kappa shape index (κ2) is 7.26. The summed E-state index contributed by atoms with van der Waals surface area (Å²) in [5.41, 5.74) is 1.03. The fourth-order valence-corrected chi connectivity index (χ4v) is 3.88. The molecule has 1 N–H and O–H groups in total. The van der Waals surface area contributed by atoms with Gasteiger partial charge in [0.2, 0.25) is 0 Å². The Bertz CT molecular complexity index is 371.